The zero-order valence-corrected chi connectivity index (χ0v) is 15.9. The van der Waals surface area contributed by atoms with Gasteiger partial charge in [-0.3, -0.25) is 4.79 Å². The van der Waals surface area contributed by atoms with Gasteiger partial charge in [-0.1, -0.05) is 12.5 Å². The number of hydrogen-bond acceptors (Lipinski definition) is 6. The number of anilines is 1. The number of esters is 1. The molecule has 1 amide bonds. The quantitative estimate of drug-likeness (QED) is 0.692. The minimum absolute atomic E-state index is 0.0133. The highest BCUT2D eigenvalue weighted by Gasteiger charge is 2.35. The number of carbonyl (C=O) groups is 2. The maximum absolute atomic E-state index is 14.5. The lowest BCUT2D eigenvalue weighted by Crippen LogP contribution is -2.31. The van der Waals surface area contributed by atoms with Crippen molar-refractivity contribution in [1.29, 1.82) is 0 Å². The standard InChI is InChI=1S/C20H25FN2O5/c1-27-20(26)14-12-23(10-11-24)19(25)17(14)22-16-9-5-8-15(21)18(16)28-13-6-3-2-4-7-13/h5,8-9,13,22,24H,2-4,6-7,10-12H2,1H3. The molecule has 3 rings (SSSR count). The number of amides is 1. The Morgan fingerprint density at radius 1 is 1.32 bits per heavy atom. The Kier molecular flexibility index (Phi) is 6.51. The Hall–Kier alpha value is -2.61. The molecule has 152 valence electrons. The molecule has 1 aliphatic heterocycles. The van der Waals surface area contributed by atoms with Gasteiger partial charge in [-0.05, 0) is 37.8 Å². The van der Waals surface area contributed by atoms with Crippen LogP contribution >= 0.6 is 0 Å². The number of β-amino-alcohol motifs (C(OH)–C–C–N with tert-alkyl or cyclic N) is 1. The number of ether oxygens (including phenoxy) is 2. The van der Waals surface area contributed by atoms with E-state index in [1.807, 2.05) is 0 Å². The van der Waals surface area contributed by atoms with Crippen molar-refractivity contribution in [3.8, 4) is 5.75 Å². The second-order valence-corrected chi connectivity index (χ2v) is 6.91. The number of benzene rings is 1. The van der Waals surface area contributed by atoms with Gasteiger partial charge in [-0.15, -0.1) is 0 Å². The first-order valence-corrected chi connectivity index (χ1v) is 9.49. The summed E-state index contributed by atoms with van der Waals surface area (Å²) < 4.78 is 25.2. The summed E-state index contributed by atoms with van der Waals surface area (Å²) in [6.07, 6.45) is 4.85. The van der Waals surface area contributed by atoms with Crippen molar-refractivity contribution in [3.63, 3.8) is 0 Å². The van der Waals surface area contributed by atoms with Crippen molar-refractivity contribution < 1.29 is 28.6 Å². The van der Waals surface area contributed by atoms with E-state index in [2.05, 4.69) is 5.32 Å². The van der Waals surface area contributed by atoms with Crippen molar-refractivity contribution in [2.75, 3.05) is 32.1 Å². The van der Waals surface area contributed by atoms with Gasteiger partial charge >= 0.3 is 5.97 Å². The second kappa shape index (κ2) is 9.05. The van der Waals surface area contributed by atoms with Gasteiger partial charge in [0, 0.05) is 6.54 Å². The van der Waals surface area contributed by atoms with E-state index in [4.69, 9.17) is 14.6 Å². The predicted octanol–water partition coefficient (Wildman–Crippen LogP) is 2.21. The van der Waals surface area contributed by atoms with Crippen molar-refractivity contribution in [2.24, 2.45) is 0 Å². The Bertz CT molecular complexity index is 774. The summed E-state index contributed by atoms with van der Waals surface area (Å²) in [5.41, 5.74) is 0.425. The Labute approximate surface area is 163 Å². The highest BCUT2D eigenvalue weighted by molar-refractivity contribution is 6.08. The second-order valence-electron chi connectivity index (χ2n) is 6.91. The molecule has 1 heterocycles. The Morgan fingerprint density at radius 2 is 2.07 bits per heavy atom. The number of rotatable bonds is 7. The fourth-order valence-corrected chi connectivity index (χ4v) is 3.56. The zero-order chi connectivity index (χ0) is 20.1. The number of nitrogens with zero attached hydrogens (tertiary/aromatic N) is 1. The van der Waals surface area contributed by atoms with E-state index >= 15 is 0 Å². The molecule has 1 aliphatic carbocycles. The van der Waals surface area contributed by atoms with Gasteiger partial charge in [0.1, 0.15) is 5.70 Å². The van der Waals surface area contributed by atoms with Crippen molar-refractivity contribution in [2.45, 2.75) is 38.2 Å². The van der Waals surface area contributed by atoms with E-state index in [9.17, 15) is 14.0 Å². The normalized spacial score (nSPS) is 17.8. The molecule has 0 unspecified atom stereocenters. The third kappa shape index (κ3) is 4.27. The summed E-state index contributed by atoms with van der Waals surface area (Å²) in [6, 6.07) is 4.41. The molecule has 7 nitrogen and oxygen atoms in total. The summed E-state index contributed by atoms with van der Waals surface area (Å²) in [4.78, 5) is 26.1. The SMILES string of the molecule is COC(=O)C1=C(Nc2cccc(F)c2OC2CCCCC2)C(=O)N(CCO)C1. The van der Waals surface area contributed by atoms with Crippen LogP contribution in [0.5, 0.6) is 5.75 Å². The van der Waals surface area contributed by atoms with Crippen molar-refractivity contribution in [3.05, 3.63) is 35.3 Å². The number of nitrogens with one attached hydrogen (secondary N) is 1. The molecule has 0 radical (unpaired) electrons. The molecule has 8 heteroatoms. The van der Waals surface area contributed by atoms with Gasteiger partial charge < -0.3 is 24.8 Å². The average molecular weight is 392 g/mol. The first-order chi connectivity index (χ1) is 13.5. The molecule has 1 fully saturated rings. The van der Waals surface area contributed by atoms with Gasteiger partial charge in [0.2, 0.25) is 0 Å². The predicted molar refractivity (Wildman–Crippen MR) is 100 cm³/mol. The van der Waals surface area contributed by atoms with Crippen molar-refractivity contribution in [1.82, 2.24) is 4.90 Å². The molecule has 1 saturated carbocycles. The Morgan fingerprint density at radius 3 is 2.75 bits per heavy atom. The molecule has 1 aromatic rings. The van der Waals surface area contributed by atoms with Gasteiger partial charge in [-0.2, -0.15) is 0 Å². The van der Waals surface area contributed by atoms with Crippen LogP contribution in [0, 0.1) is 5.82 Å². The van der Waals surface area contributed by atoms with E-state index in [1.165, 1.54) is 24.1 Å². The van der Waals surface area contributed by atoms with Gasteiger partial charge in [0.25, 0.3) is 5.91 Å². The molecule has 0 bridgehead atoms. The topological polar surface area (TPSA) is 88.1 Å². The minimum Gasteiger partial charge on any atom is -0.485 e. The average Bonchev–Trinajstić information content (AvgIpc) is 3.01. The van der Waals surface area contributed by atoms with E-state index in [-0.39, 0.29) is 48.5 Å². The lowest BCUT2D eigenvalue weighted by Gasteiger charge is -2.25. The van der Waals surface area contributed by atoms with Crippen LogP contribution in [0.1, 0.15) is 32.1 Å². The van der Waals surface area contributed by atoms with Crippen LogP contribution in [0.4, 0.5) is 10.1 Å². The molecule has 0 spiro atoms. The summed E-state index contributed by atoms with van der Waals surface area (Å²) >= 11 is 0. The highest BCUT2D eigenvalue weighted by atomic mass is 19.1. The van der Waals surface area contributed by atoms with Crippen molar-refractivity contribution >= 4 is 17.6 Å². The van der Waals surface area contributed by atoms with Crippen LogP contribution in [0.2, 0.25) is 0 Å². The number of para-hydroxylation sites is 1. The fourth-order valence-electron chi connectivity index (χ4n) is 3.56. The van der Waals surface area contributed by atoms with Gasteiger partial charge in [0.15, 0.2) is 11.6 Å². The van der Waals surface area contributed by atoms with E-state index in [0.717, 1.165) is 32.1 Å². The number of methoxy groups -OCH3 is 1. The summed E-state index contributed by atoms with van der Waals surface area (Å²) in [5.74, 6) is -1.60. The maximum Gasteiger partial charge on any atom is 0.337 e. The lowest BCUT2D eigenvalue weighted by molar-refractivity contribution is -0.136. The monoisotopic (exact) mass is 392 g/mol. The van der Waals surface area contributed by atoms with E-state index in [1.54, 1.807) is 6.07 Å². The van der Waals surface area contributed by atoms with Crippen LogP contribution in [0.25, 0.3) is 0 Å². The summed E-state index contributed by atoms with van der Waals surface area (Å²) in [6.45, 7) is -0.134. The molecular weight excluding hydrogens is 367 g/mol. The van der Waals surface area contributed by atoms with Crippen LogP contribution < -0.4 is 10.1 Å². The van der Waals surface area contributed by atoms with Crippen LogP contribution in [0.3, 0.4) is 0 Å². The fraction of sp³-hybridized carbons (Fsp3) is 0.500. The van der Waals surface area contributed by atoms with E-state index in [0.29, 0.717) is 0 Å². The minimum atomic E-state index is -0.651. The molecular formula is C20H25FN2O5. The number of hydrogen-bond donors (Lipinski definition) is 2. The molecule has 2 N–H and O–H groups in total. The summed E-state index contributed by atoms with van der Waals surface area (Å²) in [7, 11) is 1.23. The zero-order valence-electron chi connectivity index (χ0n) is 15.9. The lowest BCUT2D eigenvalue weighted by atomic mass is 9.98. The van der Waals surface area contributed by atoms with Crippen LogP contribution in [-0.2, 0) is 14.3 Å². The molecule has 2 aliphatic rings. The third-order valence-electron chi connectivity index (χ3n) is 5.02. The number of halogens is 1. The Balaban J connectivity index is 1.89. The summed E-state index contributed by atoms with van der Waals surface area (Å²) in [5, 5.41) is 12.0. The number of aliphatic hydroxyl groups is 1. The molecule has 1 aromatic carbocycles. The van der Waals surface area contributed by atoms with Gasteiger partial charge in [-0.25, -0.2) is 9.18 Å². The van der Waals surface area contributed by atoms with Crippen LogP contribution in [0.15, 0.2) is 29.5 Å². The first kappa shape index (κ1) is 20.1. The number of carbonyl (C=O) groups excluding carboxylic acids is 2. The first-order valence-electron chi connectivity index (χ1n) is 9.49. The van der Waals surface area contributed by atoms with E-state index < -0.39 is 17.7 Å². The maximum atomic E-state index is 14.5. The molecule has 0 atom stereocenters. The number of aliphatic hydroxyl groups excluding tert-OH is 1. The molecule has 0 saturated heterocycles. The largest absolute Gasteiger partial charge is 0.485 e. The smallest absolute Gasteiger partial charge is 0.337 e. The highest BCUT2D eigenvalue weighted by Crippen LogP contribution is 2.34. The van der Waals surface area contributed by atoms with Crippen LogP contribution in [-0.4, -0.2) is 54.8 Å². The molecule has 0 aromatic heterocycles. The molecule has 28 heavy (non-hydrogen) atoms. The third-order valence-corrected chi connectivity index (χ3v) is 5.02. The van der Waals surface area contributed by atoms with Gasteiger partial charge in [0.05, 0.1) is 37.6 Å².